The zero-order valence-electron chi connectivity index (χ0n) is 15.2. The first kappa shape index (κ1) is 20.3. The highest BCUT2D eigenvalue weighted by Gasteiger charge is 2.14. The van der Waals surface area contributed by atoms with Crippen molar-refractivity contribution < 1.29 is 13.9 Å². The van der Waals surface area contributed by atoms with Crippen LogP contribution in [0.3, 0.4) is 0 Å². The van der Waals surface area contributed by atoms with E-state index in [1.165, 1.54) is 6.20 Å². The first-order chi connectivity index (χ1) is 11.0. The maximum absolute atomic E-state index is 11.9. The van der Waals surface area contributed by atoms with Crippen molar-refractivity contribution in [3.05, 3.63) is 35.9 Å². The van der Waals surface area contributed by atoms with Crippen molar-refractivity contribution in [2.45, 2.75) is 72.1 Å². The molecule has 0 aliphatic heterocycles. The number of hydrogen-bond acceptors (Lipinski definition) is 3. The summed E-state index contributed by atoms with van der Waals surface area (Å²) >= 11 is 0. The molecule has 0 aliphatic carbocycles. The van der Waals surface area contributed by atoms with Crippen molar-refractivity contribution in [3.63, 3.8) is 0 Å². The molecule has 2 heterocycles. The van der Waals surface area contributed by atoms with Crippen LogP contribution < -0.4 is 0 Å². The lowest BCUT2D eigenvalue weighted by atomic mass is 10.1. The van der Waals surface area contributed by atoms with Crippen molar-refractivity contribution in [2.75, 3.05) is 0 Å². The second-order valence-electron chi connectivity index (χ2n) is 7.06. The fourth-order valence-corrected chi connectivity index (χ4v) is 1.94. The van der Waals surface area contributed by atoms with Crippen LogP contribution in [-0.2, 0) is 6.54 Å². The average molecular weight is 342 g/mol. The Morgan fingerprint density at radius 2 is 1.50 bits per heavy atom. The van der Waals surface area contributed by atoms with E-state index in [1.807, 2.05) is 26.1 Å². The van der Waals surface area contributed by atoms with Crippen molar-refractivity contribution in [1.82, 2.24) is 19.6 Å². The zero-order valence-corrected chi connectivity index (χ0v) is 15.2. The van der Waals surface area contributed by atoms with Crippen molar-refractivity contribution in [2.24, 2.45) is 0 Å². The quantitative estimate of drug-likeness (QED) is 0.887. The molecule has 2 rings (SSSR count). The van der Waals surface area contributed by atoms with Gasteiger partial charge in [0.05, 0.1) is 23.5 Å². The van der Waals surface area contributed by atoms with E-state index < -0.39 is 12.2 Å². The van der Waals surface area contributed by atoms with Gasteiger partial charge in [-0.3, -0.25) is 4.68 Å². The molecule has 0 spiro atoms. The summed E-state index contributed by atoms with van der Waals surface area (Å²) < 4.78 is 26.3. The highest BCUT2D eigenvalue weighted by atomic mass is 19.3. The molecule has 7 heteroatoms. The lowest BCUT2D eigenvalue weighted by molar-refractivity contribution is 0.0559. The maximum Gasteiger partial charge on any atom is 0.333 e. The molecule has 0 fully saturated rings. The fourth-order valence-electron chi connectivity index (χ4n) is 1.94. The summed E-state index contributed by atoms with van der Waals surface area (Å²) in [4.78, 5) is 0. The van der Waals surface area contributed by atoms with Gasteiger partial charge in [-0.15, -0.1) is 0 Å². The Balaban J connectivity index is 0.000000243. The van der Waals surface area contributed by atoms with E-state index in [2.05, 4.69) is 24.0 Å². The van der Waals surface area contributed by atoms with Gasteiger partial charge < -0.3 is 5.11 Å². The van der Waals surface area contributed by atoms with Crippen LogP contribution in [0.1, 0.15) is 71.3 Å². The Labute approximate surface area is 142 Å². The van der Waals surface area contributed by atoms with Crippen molar-refractivity contribution in [1.29, 1.82) is 0 Å². The normalized spacial score (nSPS) is 12.0. The SMILES string of the molecule is CC(C)c1ccn(C(F)F)n1.CC(C)c1ccn(CC(C)(C)O)n1. The summed E-state index contributed by atoms with van der Waals surface area (Å²) in [6.07, 6.45) is 3.20. The molecule has 0 bridgehead atoms. The topological polar surface area (TPSA) is 55.9 Å². The highest BCUT2D eigenvalue weighted by Crippen LogP contribution is 2.14. The number of hydrogen-bond donors (Lipinski definition) is 1. The van der Waals surface area contributed by atoms with Gasteiger partial charge in [-0.1, -0.05) is 27.7 Å². The Morgan fingerprint density at radius 3 is 1.83 bits per heavy atom. The zero-order chi connectivity index (χ0) is 18.5. The first-order valence-corrected chi connectivity index (χ1v) is 8.08. The minimum Gasteiger partial charge on any atom is -0.389 e. The molecule has 0 aromatic carbocycles. The van der Waals surface area contributed by atoms with E-state index in [9.17, 15) is 13.9 Å². The van der Waals surface area contributed by atoms with Gasteiger partial charge in [-0.05, 0) is 37.8 Å². The lowest BCUT2D eigenvalue weighted by Gasteiger charge is -2.16. The standard InChI is InChI=1S/C10H18N2O.C7H10F2N2/c1-8(2)9-5-6-12(11-9)7-10(3,4)13;1-5(2)6-3-4-11(10-6)7(8)9/h5-6,8,13H,7H2,1-4H3;3-5,7H,1-2H3. The van der Waals surface area contributed by atoms with E-state index in [-0.39, 0.29) is 5.92 Å². The number of aromatic nitrogens is 4. The van der Waals surface area contributed by atoms with Gasteiger partial charge in [-0.25, -0.2) is 4.68 Å². The van der Waals surface area contributed by atoms with Crippen molar-refractivity contribution in [3.8, 4) is 0 Å². The molecule has 2 aromatic heterocycles. The minimum absolute atomic E-state index is 0.204. The fraction of sp³-hybridized carbons (Fsp3) is 0.647. The minimum atomic E-state index is -2.53. The van der Waals surface area contributed by atoms with E-state index >= 15 is 0 Å². The molecule has 0 aliphatic rings. The van der Waals surface area contributed by atoms with E-state index in [0.29, 0.717) is 22.8 Å². The summed E-state index contributed by atoms with van der Waals surface area (Å²) in [7, 11) is 0. The van der Waals surface area contributed by atoms with E-state index in [0.717, 1.165) is 5.69 Å². The third-order valence-corrected chi connectivity index (χ3v) is 3.22. The molecule has 2 aromatic rings. The molecule has 5 nitrogen and oxygen atoms in total. The predicted octanol–water partition coefficient (Wildman–Crippen LogP) is 4.18. The highest BCUT2D eigenvalue weighted by molar-refractivity contribution is 5.04. The molecule has 24 heavy (non-hydrogen) atoms. The lowest BCUT2D eigenvalue weighted by Crippen LogP contribution is -2.26. The van der Waals surface area contributed by atoms with Gasteiger partial charge in [0.1, 0.15) is 0 Å². The number of halogens is 2. The van der Waals surface area contributed by atoms with Crippen LogP contribution in [0.15, 0.2) is 24.5 Å². The van der Waals surface area contributed by atoms with Crippen LogP contribution in [-0.4, -0.2) is 30.3 Å². The number of aliphatic hydroxyl groups is 1. The van der Waals surface area contributed by atoms with E-state index in [4.69, 9.17) is 0 Å². The van der Waals surface area contributed by atoms with Gasteiger partial charge in [0.25, 0.3) is 0 Å². The summed E-state index contributed by atoms with van der Waals surface area (Å²) in [5.41, 5.74) is 1.08. The molecule has 0 unspecified atom stereocenters. The Bertz CT molecular complexity index is 590. The molecule has 0 saturated carbocycles. The van der Waals surface area contributed by atoms with Gasteiger partial charge >= 0.3 is 6.55 Å². The second-order valence-corrected chi connectivity index (χ2v) is 7.06. The van der Waals surface area contributed by atoms with Crippen LogP contribution in [0.5, 0.6) is 0 Å². The number of alkyl halides is 2. The molecule has 0 amide bonds. The third-order valence-electron chi connectivity index (χ3n) is 3.22. The summed E-state index contributed by atoms with van der Waals surface area (Å²) in [5, 5.41) is 17.6. The monoisotopic (exact) mass is 342 g/mol. The van der Waals surface area contributed by atoms with Crippen LogP contribution in [0.4, 0.5) is 8.78 Å². The second kappa shape index (κ2) is 8.37. The van der Waals surface area contributed by atoms with Gasteiger partial charge in [0, 0.05) is 12.4 Å². The molecule has 0 radical (unpaired) electrons. The average Bonchev–Trinajstić information content (AvgIpc) is 3.05. The van der Waals surface area contributed by atoms with Crippen LogP contribution in [0.2, 0.25) is 0 Å². The molecule has 0 atom stereocenters. The largest absolute Gasteiger partial charge is 0.389 e. The molecule has 0 saturated heterocycles. The number of nitrogens with zero attached hydrogens (tertiary/aromatic N) is 4. The first-order valence-electron chi connectivity index (χ1n) is 8.08. The number of rotatable bonds is 5. The Kier molecular flexibility index (Phi) is 7.08. The molecule has 1 N–H and O–H groups in total. The molecule has 136 valence electrons. The Morgan fingerprint density at radius 1 is 1.00 bits per heavy atom. The summed E-state index contributed by atoms with van der Waals surface area (Å²) in [5.74, 6) is 0.651. The van der Waals surface area contributed by atoms with Crippen LogP contribution in [0, 0.1) is 0 Å². The predicted molar refractivity (Wildman–Crippen MR) is 90.2 cm³/mol. The smallest absolute Gasteiger partial charge is 0.333 e. The van der Waals surface area contributed by atoms with Gasteiger partial charge in [-0.2, -0.15) is 19.0 Å². The maximum atomic E-state index is 11.9. The van der Waals surface area contributed by atoms with E-state index in [1.54, 1.807) is 24.6 Å². The summed E-state index contributed by atoms with van der Waals surface area (Å²) in [6, 6.07) is 3.60. The summed E-state index contributed by atoms with van der Waals surface area (Å²) in [6.45, 7) is 9.62. The van der Waals surface area contributed by atoms with Gasteiger partial charge in [0.2, 0.25) is 0 Å². The van der Waals surface area contributed by atoms with Crippen LogP contribution >= 0.6 is 0 Å². The Hall–Kier alpha value is -1.76. The van der Waals surface area contributed by atoms with Crippen molar-refractivity contribution >= 4 is 0 Å². The molecular formula is C17H28F2N4O. The van der Waals surface area contributed by atoms with Gasteiger partial charge in [0.15, 0.2) is 0 Å². The molecular weight excluding hydrogens is 314 g/mol. The third kappa shape index (κ3) is 6.78. The van der Waals surface area contributed by atoms with Crippen LogP contribution in [0.25, 0.3) is 0 Å².